The van der Waals surface area contributed by atoms with Crippen molar-refractivity contribution >= 4 is 23.1 Å². The Kier molecular flexibility index (Phi) is 5.36. The molecule has 0 bridgehead atoms. The molecule has 0 aliphatic rings. The van der Waals surface area contributed by atoms with Crippen LogP contribution in [0.5, 0.6) is 5.75 Å². The molecule has 0 atom stereocenters. The number of nitrogen functional groups attached to an aromatic ring is 1. The van der Waals surface area contributed by atoms with Gasteiger partial charge in [-0.05, 0) is 36.4 Å². The summed E-state index contributed by atoms with van der Waals surface area (Å²) in [6, 6.07) is 9.98. The highest BCUT2D eigenvalue weighted by Crippen LogP contribution is 2.27. The molecule has 0 radical (unpaired) electrons. The first kappa shape index (κ1) is 18.6. The number of nitrogens with two attached hydrogens (primary N) is 1. The predicted molar refractivity (Wildman–Crippen MR) is 110 cm³/mol. The number of benzene rings is 1. The third-order valence-electron chi connectivity index (χ3n) is 4.12. The average Bonchev–Trinajstić information content (AvgIpc) is 3.41. The number of thiophene rings is 1. The van der Waals surface area contributed by atoms with Gasteiger partial charge in [-0.25, -0.2) is 9.66 Å². The Morgan fingerprint density at radius 1 is 1.18 bits per heavy atom. The molecule has 0 aliphatic carbocycles. The van der Waals surface area contributed by atoms with Crippen LogP contribution in [-0.4, -0.2) is 19.9 Å². The van der Waals surface area contributed by atoms with Crippen molar-refractivity contribution in [1.82, 2.24) is 19.9 Å². The maximum Gasteiger partial charge on any atom is 0.236 e. The molecule has 28 heavy (non-hydrogen) atoms. The van der Waals surface area contributed by atoms with Crippen LogP contribution in [0.25, 0.3) is 10.8 Å². The van der Waals surface area contributed by atoms with E-state index in [1.165, 1.54) is 16.4 Å². The van der Waals surface area contributed by atoms with E-state index in [-0.39, 0.29) is 6.61 Å². The molecular formula is C19H19N5O2S2. The van der Waals surface area contributed by atoms with Crippen molar-refractivity contribution in [2.45, 2.75) is 31.4 Å². The molecule has 0 saturated carbocycles. The minimum atomic E-state index is 0.252. The fourth-order valence-corrected chi connectivity index (χ4v) is 4.10. The Labute approximate surface area is 170 Å². The van der Waals surface area contributed by atoms with Gasteiger partial charge in [0.2, 0.25) is 11.0 Å². The molecule has 1 aromatic carbocycles. The van der Waals surface area contributed by atoms with Crippen molar-refractivity contribution in [1.29, 1.82) is 0 Å². The first-order chi connectivity index (χ1) is 13.6. The van der Waals surface area contributed by atoms with Crippen LogP contribution in [-0.2, 0) is 12.4 Å². The second kappa shape index (κ2) is 8.07. The number of thioether (sulfide) groups is 1. The van der Waals surface area contributed by atoms with Crippen LogP contribution in [0.1, 0.15) is 22.6 Å². The summed E-state index contributed by atoms with van der Waals surface area (Å²) in [7, 11) is 0. The Balaban J connectivity index is 1.38. The van der Waals surface area contributed by atoms with Crippen molar-refractivity contribution in [2.75, 3.05) is 5.84 Å². The lowest BCUT2D eigenvalue weighted by molar-refractivity contribution is 0.288. The zero-order chi connectivity index (χ0) is 19.5. The summed E-state index contributed by atoms with van der Waals surface area (Å²) in [4.78, 5) is 5.50. The Hall–Kier alpha value is -2.78. The van der Waals surface area contributed by atoms with Crippen molar-refractivity contribution < 1.29 is 9.15 Å². The molecule has 0 fully saturated rings. The molecule has 2 N–H and O–H groups in total. The van der Waals surface area contributed by atoms with Crippen LogP contribution in [0.15, 0.2) is 51.5 Å². The number of rotatable bonds is 7. The zero-order valence-corrected chi connectivity index (χ0v) is 17.1. The van der Waals surface area contributed by atoms with Gasteiger partial charge in [0.05, 0.1) is 10.6 Å². The number of aryl methyl sites for hydroxylation is 2. The van der Waals surface area contributed by atoms with E-state index in [0.717, 1.165) is 27.4 Å². The van der Waals surface area contributed by atoms with Gasteiger partial charge in [0, 0.05) is 5.75 Å². The fraction of sp³-hybridized carbons (Fsp3) is 0.211. The highest BCUT2D eigenvalue weighted by atomic mass is 32.2. The molecule has 9 heteroatoms. The summed E-state index contributed by atoms with van der Waals surface area (Å²) < 4.78 is 12.9. The maximum absolute atomic E-state index is 6.14. The molecular weight excluding hydrogens is 394 g/mol. The van der Waals surface area contributed by atoms with E-state index in [9.17, 15) is 0 Å². The van der Waals surface area contributed by atoms with E-state index < -0.39 is 0 Å². The van der Waals surface area contributed by atoms with Crippen LogP contribution in [0.4, 0.5) is 0 Å². The largest absolute Gasteiger partial charge is 0.485 e. The number of hydrogen-bond donors (Lipinski definition) is 1. The van der Waals surface area contributed by atoms with Gasteiger partial charge in [0.25, 0.3) is 0 Å². The van der Waals surface area contributed by atoms with Gasteiger partial charge in [-0.15, -0.1) is 21.5 Å². The minimum absolute atomic E-state index is 0.252. The molecule has 144 valence electrons. The van der Waals surface area contributed by atoms with Crippen LogP contribution in [0.2, 0.25) is 0 Å². The van der Waals surface area contributed by atoms with Crippen LogP contribution in [0.3, 0.4) is 0 Å². The molecule has 0 saturated heterocycles. The van der Waals surface area contributed by atoms with Crippen molar-refractivity contribution in [3.05, 3.63) is 64.6 Å². The number of hydrogen-bond acceptors (Lipinski definition) is 8. The third kappa shape index (κ3) is 3.90. The smallest absolute Gasteiger partial charge is 0.236 e. The summed E-state index contributed by atoms with van der Waals surface area (Å²) in [6.07, 6.45) is 1.66. The van der Waals surface area contributed by atoms with Gasteiger partial charge in [-0.3, -0.25) is 0 Å². The van der Waals surface area contributed by atoms with Crippen LogP contribution < -0.4 is 10.6 Å². The number of aromatic nitrogens is 4. The molecule has 7 nitrogen and oxygen atoms in total. The van der Waals surface area contributed by atoms with E-state index in [1.54, 1.807) is 17.6 Å². The highest BCUT2D eigenvalue weighted by Gasteiger charge is 2.14. The standard InChI is InChI=1S/C19H19N5O2S2/c1-12-5-3-6-13(2)17(12)25-10-16-22-23-19(24(16)20)28-11-14-9-26-18(21-14)15-7-4-8-27-15/h3-9H,10-11,20H2,1-2H3. The Bertz CT molecular complexity index is 1050. The predicted octanol–water partition coefficient (Wildman–Crippen LogP) is 4.20. The fourth-order valence-electron chi connectivity index (χ4n) is 2.69. The van der Waals surface area contributed by atoms with Gasteiger partial charge in [-0.1, -0.05) is 36.0 Å². The van der Waals surface area contributed by atoms with E-state index in [4.69, 9.17) is 15.0 Å². The van der Waals surface area contributed by atoms with E-state index in [2.05, 4.69) is 15.2 Å². The summed E-state index contributed by atoms with van der Waals surface area (Å²) in [5.41, 5.74) is 2.97. The number of para-hydroxylation sites is 1. The summed E-state index contributed by atoms with van der Waals surface area (Å²) in [5.74, 6) is 8.76. The van der Waals surface area contributed by atoms with Gasteiger partial charge < -0.3 is 15.0 Å². The normalized spacial score (nSPS) is 11.1. The molecule has 3 heterocycles. The second-order valence-electron chi connectivity index (χ2n) is 6.19. The van der Waals surface area contributed by atoms with Gasteiger partial charge in [0.1, 0.15) is 18.6 Å². The van der Waals surface area contributed by atoms with Crippen molar-refractivity contribution in [2.24, 2.45) is 0 Å². The summed E-state index contributed by atoms with van der Waals surface area (Å²) in [5, 5.41) is 10.9. The van der Waals surface area contributed by atoms with Crippen molar-refractivity contribution in [3.63, 3.8) is 0 Å². The quantitative estimate of drug-likeness (QED) is 0.359. The lowest BCUT2D eigenvalue weighted by atomic mass is 10.1. The molecule has 4 rings (SSSR count). The number of nitrogens with zero attached hydrogens (tertiary/aromatic N) is 4. The second-order valence-corrected chi connectivity index (χ2v) is 8.08. The lowest BCUT2D eigenvalue weighted by Crippen LogP contribution is -2.16. The molecule has 3 aromatic heterocycles. The summed E-state index contributed by atoms with van der Waals surface area (Å²) >= 11 is 3.04. The first-order valence-electron chi connectivity index (χ1n) is 8.61. The first-order valence-corrected chi connectivity index (χ1v) is 10.5. The van der Waals surface area contributed by atoms with E-state index in [0.29, 0.717) is 22.6 Å². The third-order valence-corrected chi connectivity index (χ3v) is 5.96. The number of oxazole rings is 1. The topological polar surface area (TPSA) is 92.0 Å². The minimum Gasteiger partial charge on any atom is -0.485 e. The van der Waals surface area contributed by atoms with Gasteiger partial charge in [0.15, 0.2) is 5.82 Å². The Morgan fingerprint density at radius 3 is 2.75 bits per heavy atom. The Morgan fingerprint density at radius 2 is 2.00 bits per heavy atom. The molecule has 0 spiro atoms. The van der Waals surface area contributed by atoms with Crippen LogP contribution in [0, 0.1) is 13.8 Å². The van der Waals surface area contributed by atoms with Crippen molar-refractivity contribution in [3.8, 4) is 16.5 Å². The molecule has 0 amide bonds. The number of ether oxygens (including phenoxy) is 1. The molecule has 0 unspecified atom stereocenters. The lowest BCUT2D eigenvalue weighted by Gasteiger charge is -2.11. The van der Waals surface area contributed by atoms with E-state index in [1.807, 2.05) is 49.6 Å². The van der Waals surface area contributed by atoms with Crippen LogP contribution >= 0.6 is 23.1 Å². The molecule has 0 aliphatic heterocycles. The van der Waals surface area contributed by atoms with Gasteiger partial charge >= 0.3 is 0 Å². The molecule has 4 aromatic rings. The van der Waals surface area contributed by atoms with Gasteiger partial charge in [-0.2, -0.15) is 0 Å². The monoisotopic (exact) mass is 413 g/mol. The maximum atomic E-state index is 6.14. The highest BCUT2D eigenvalue weighted by molar-refractivity contribution is 7.98. The average molecular weight is 414 g/mol. The zero-order valence-electron chi connectivity index (χ0n) is 15.5. The summed E-state index contributed by atoms with van der Waals surface area (Å²) in [6.45, 7) is 4.28. The van der Waals surface area contributed by atoms with E-state index >= 15 is 0 Å². The SMILES string of the molecule is Cc1cccc(C)c1OCc1nnc(SCc2coc(-c3cccs3)n2)n1N.